The van der Waals surface area contributed by atoms with Crippen molar-refractivity contribution in [3.05, 3.63) is 39.9 Å². The zero-order chi connectivity index (χ0) is 24.8. The number of nitro groups is 1. The largest absolute Gasteiger partial charge is 0.467 e. The van der Waals surface area contributed by atoms with Gasteiger partial charge in [-0.05, 0) is 46.1 Å². The summed E-state index contributed by atoms with van der Waals surface area (Å²) in [5.74, 6) is -0.530. The van der Waals surface area contributed by atoms with Crippen LogP contribution in [0.3, 0.4) is 0 Å². The molecule has 3 aliphatic rings. The van der Waals surface area contributed by atoms with Crippen molar-refractivity contribution in [1.82, 2.24) is 14.0 Å². The van der Waals surface area contributed by atoms with Crippen LogP contribution in [-0.4, -0.2) is 68.6 Å². The van der Waals surface area contributed by atoms with Crippen LogP contribution in [0.25, 0.3) is 0 Å². The van der Waals surface area contributed by atoms with Crippen LogP contribution < -0.4 is 0 Å². The van der Waals surface area contributed by atoms with Gasteiger partial charge >= 0.3 is 13.6 Å². The van der Waals surface area contributed by atoms with Gasteiger partial charge in [0.15, 0.2) is 6.04 Å². The van der Waals surface area contributed by atoms with Gasteiger partial charge in [-0.15, -0.1) is 0 Å². The SMILES string of the molecule is COC(=O)[C@@H]1N=CN(P2(=O)N(C(C)C)[C@@H]3CCCC[C@H]3N2C(C)C)[C@H]1c1ccc([N+](=O)[O-])cc1. The molecule has 0 spiro atoms. The summed E-state index contributed by atoms with van der Waals surface area (Å²) in [6.07, 6.45) is 5.69. The molecule has 0 amide bonds. The molecular formula is C23H34N5O5P. The van der Waals surface area contributed by atoms with Crippen molar-refractivity contribution >= 4 is 25.6 Å². The van der Waals surface area contributed by atoms with Crippen LogP contribution in [0.15, 0.2) is 29.3 Å². The number of rotatable bonds is 6. The molecular weight excluding hydrogens is 457 g/mol. The first-order valence-electron chi connectivity index (χ1n) is 11.9. The number of carbonyl (C=O) groups excluding carboxylic acids is 1. The fraction of sp³-hybridized carbons (Fsp3) is 0.652. The smallest absolute Gasteiger partial charge is 0.333 e. The zero-order valence-electron chi connectivity index (χ0n) is 20.4. The maximum atomic E-state index is 15.4. The molecule has 0 bridgehead atoms. The first kappa shape index (κ1) is 24.8. The van der Waals surface area contributed by atoms with Crippen LogP contribution in [0.4, 0.5) is 5.69 Å². The molecule has 4 rings (SSSR count). The Hall–Kier alpha value is -2.29. The molecule has 2 aliphatic heterocycles. The fourth-order valence-electron chi connectivity index (χ4n) is 5.93. The Morgan fingerprint density at radius 1 is 1.09 bits per heavy atom. The third kappa shape index (κ3) is 3.85. The second-order valence-corrected chi connectivity index (χ2v) is 12.2. The van der Waals surface area contributed by atoms with Crippen molar-refractivity contribution in [2.75, 3.05) is 7.11 Å². The van der Waals surface area contributed by atoms with Crippen molar-refractivity contribution in [3.8, 4) is 0 Å². The lowest BCUT2D eigenvalue weighted by Crippen LogP contribution is -2.43. The van der Waals surface area contributed by atoms with E-state index in [9.17, 15) is 14.9 Å². The highest BCUT2D eigenvalue weighted by Crippen LogP contribution is 2.69. The van der Waals surface area contributed by atoms with E-state index in [0.29, 0.717) is 5.56 Å². The standard InChI is InChI=1S/C23H34N5O5P/c1-15(2)26-19-8-6-7-9-20(19)27(16(3)4)34(26,32)25-14-24-21(23(29)33-5)22(25)17-10-12-18(13-11-17)28(30)31/h10-16,19-22H,6-9H2,1-5H3/t19-,20-,21-,22+/m1/s1. The Balaban J connectivity index is 1.85. The number of nitro benzene ring substituents is 1. The number of benzene rings is 1. The maximum Gasteiger partial charge on any atom is 0.333 e. The minimum atomic E-state index is -3.39. The zero-order valence-corrected chi connectivity index (χ0v) is 21.3. The molecule has 10 nitrogen and oxygen atoms in total. The molecule has 0 aromatic heterocycles. The topological polar surface area (TPSA) is 109 Å². The van der Waals surface area contributed by atoms with Crippen LogP contribution in [0.1, 0.15) is 65.0 Å². The molecule has 0 unspecified atom stereocenters. The number of methoxy groups -OCH3 is 1. The van der Waals surface area contributed by atoms with Gasteiger partial charge in [0, 0.05) is 36.3 Å². The number of non-ortho nitro benzene ring substituents is 1. The first-order chi connectivity index (χ1) is 16.1. The molecule has 186 valence electrons. The summed E-state index contributed by atoms with van der Waals surface area (Å²) in [5.41, 5.74) is 0.589. The van der Waals surface area contributed by atoms with Gasteiger partial charge in [-0.2, -0.15) is 0 Å². The normalized spacial score (nSPS) is 29.1. The lowest BCUT2D eigenvalue weighted by molar-refractivity contribution is -0.384. The average molecular weight is 492 g/mol. The lowest BCUT2D eigenvalue weighted by atomic mass is 9.89. The number of hydrogen-bond acceptors (Lipinski definition) is 6. The molecule has 34 heavy (non-hydrogen) atoms. The van der Waals surface area contributed by atoms with Crippen LogP contribution in [-0.2, 0) is 14.1 Å². The summed E-state index contributed by atoms with van der Waals surface area (Å²) in [4.78, 5) is 27.9. The quantitative estimate of drug-likeness (QED) is 0.250. The van der Waals surface area contributed by atoms with Crippen molar-refractivity contribution in [1.29, 1.82) is 0 Å². The number of aliphatic imine (C=N–C) groups is 1. The van der Waals surface area contributed by atoms with E-state index in [1.807, 2.05) is 0 Å². The fourth-order valence-corrected chi connectivity index (χ4v) is 9.94. The summed E-state index contributed by atoms with van der Waals surface area (Å²) in [5, 5.41) is 11.2. The highest BCUT2D eigenvalue weighted by molar-refractivity contribution is 7.57. The van der Waals surface area contributed by atoms with E-state index in [1.54, 1.807) is 16.8 Å². The minimum Gasteiger partial charge on any atom is -0.467 e. The third-order valence-corrected chi connectivity index (χ3v) is 10.8. The van der Waals surface area contributed by atoms with Crippen LogP contribution >= 0.6 is 7.59 Å². The molecule has 1 aliphatic carbocycles. The predicted molar refractivity (Wildman–Crippen MR) is 130 cm³/mol. The van der Waals surface area contributed by atoms with Gasteiger partial charge in [0.25, 0.3) is 5.69 Å². The molecule has 1 aromatic carbocycles. The summed E-state index contributed by atoms with van der Waals surface area (Å²) in [6, 6.07) is 4.80. The third-order valence-electron chi connectivity index (χ3n) is 7.15. The Kier molecular flexibility index (Phi) is 6.86. The van der Waals surface area contributed by atoms with Crippen LogP contribution in [0.5, 0.6) is 0 Å². The van der Waals surface area contributed by atoms with E-state index >= 15 is 4.57 Å². The molecule has 1 aromatic rings. The summed E-state index contributed by atoms with van der Waals surface area (Å²) < 4.78 is 26.5. The number of esters is 1. The van der Waals surface area contributed by atoms with Gasteiger partial charge in [0.1, 0.15) is 0 Å². The van der Waals surface area contributed by atoms with E-state index in [0.717, 1.165) is 25.7 Å². The number of nitrogens with zero attached hydrogens (tertiary/aromatic N) is 5. The molecule has 2 fully saturated rings. The van der Waals surface area contributed by atoms with Gasteiger partial charge in [-0.1, -0.05) is 25.0 Å². The predicted octanol–water partition coefficient (Wildman–Crippen LogP) is 4.38. The molecule has 11 heteroatoms. The summed E-state index contributed by atoms with van der Waals surface area (Å²) in [7, 11) is -2.08. The highest BCUT2D eigenvalue weighted by Gasteiger charge is 2.62. The molecule has 2 heterocycles. The number of hydrogen-bond donors (Lipinski definition) is 0. The van der Waals surface area contributed by atoms with Gasteiger partial charge < -0.3 is 4.74 Å². The van der Waals surface area contributed by atoms with Crippen molar-refractivity contribution in [2.45, 2.75) is 89.6 Å². The van der Waals surface area contributed by atoms with E-state index in [4.69, 9.17) is 4.74 Å². The van der Waals surface area contributed by atoms with Crippen molar-refractivity contribution in [2.24, 2.45) is 4.99 Å². The molecule has 1 saturated carbocycles. The average Bonchev–Trinajstić information content (AvgIpc) is 3.36. The Morgan fingerprint density at radius 3 is 2.06 bits per heavy atom. The molecule has 1 saturated heterocycles. The van der Waals surface area contributed by atoms with Crippen molar-refractivity contribution in [3.63, 3.8) is 0 Å². The van der Waals surface area contributed by atoms with Crippen molar-refractivity contribution < 1.29 is 19.0 Å². The number of carbonyl (C=O) groups is 1. The number of fused-ring (bicyclic) bond motifs is 1. The summed E-state index contributed by atoms with van der Waals surface area (Å²) >= 11 is 0. The summed E-state index contributed by atoms with van der Waals surface area (Å²) in [6.45, 7) is 8.25. The van der Waals surface area contributed by atoms with E-state index in [-0.39, 0.29) is 29.9 Å². The molecule has 0 radical (unpaired) electrons. The van der Waals surface area contributed by atoms with E-state index in [1.165, 1.54) is 25.6 Å². The van der Waals surface area contributed by atoms with E-state index < -0.39 is 30.6 Å². The van der Waals surface area contributed by atoms with Gasteiger partial charge in [-0.3, -0.25) is 24.3 Å². The minimum absolute atomic E-state index is 0.0169. The maximum absolute atomic E-state index is 15.4. The van der Waals surface area contributed by atoms with Gasteiger partial charge in [-0.25, -0.2) is 14.1 Å². The van der Waals surface area contributed by atoms with Gasteiger partial charge in [0.2, 0.25) is 0 Å². The lowest BCUT2D eigenvalue weighted by Gasteiger charge is -2.43. The van der Waals surface area contributed by atoms with Crippen LogP contribution in [0, 0.1) is 10.1 Å². The Labute approximate surface area is 200 Å². The Bertz CT molecular complexity index is 986. The molecule has 0 N–H and O–H groups in total. The molecule has 4 atom stereocenters. The Morgan fingerprint density at radius 2 is 1.62 bits per heavy atom. The first-order valence-corrected chi connectivity index (χ1v) is 13.5. The second-order valence-electron chi connectivity index (χ2n) is 9.79. The second kappa shape index (κ2) is 9.40. The van der Waals surface area contributed by atoms with Crippen LogP contribution in [0.2, 0.25) is 0 Å². The number of ether oxygens (including phenoxy) is 1. The highest BCUT2D eigenvalue weighted by atomic mass is 31.2. The van der Waals surface area contributed by atoms with E-state index in [2.05, 4.69) is 42.0 Å². The monoisotopic (exact) mass is 491 g/mol. The van der Waals surface area contributed by atoms with Gasteiger partial charge in [0.05, 0.1) is 24.4 Å².